The largest absolute Gasteiger partial charge is 0.464 e. The van der Waals surface area contributed by atoms with Crippen LogP contribution in [0.25, 0.3) is 16.7 Å². The third-order valence-electron chi connectivity index (χ3n) is 3.15. The summed E-state index contributed by atoms with van der Waals surface area (Å²) in [6.45, 7) is 1.92. The molecular weight excluding hydrogens is 273 g/mol. The summed E-state index contributed by atoms with van der Waals surface area (Å²) in [6, 6.07) is 8.18. The molecule has 0 unspecified atom stereocenters. The van der Waals surface area contributed by atoms with Crippen LogP contribution in [-0.4, -0.2) is 27.8 Å². The van der Waals surface area contributed by atoms with E-state index in [0.717, 1.165) is 5.56 Å². The van der Waals surface area contributed by atoms with Crippen LogP contribution in [0.15, 0.2) is 36.5 Å². The molecule has 2 heterocycles. The standard InChI is InChI=1S/C15H12FN3O2/c1-9-6-7-17-12(8-9)19-11-5-3-4-10(16)13(11)14(18-19)15(20)21-2/h3-8H,1-2H3. The molecular formula is C15H12FN3O2. The predicted octanol–water partition coefficient (Wildman–Crippen LogP) is 2.65. The number of nitrogens with zero attached hydrogens (tertiary/aromatic N) is 3. The van der Waals surface area contributed by atoms with Gasteiger partial charge in [0.25, 0.3) is 0 Å². The molecule has 0 bridgehead atoms. The van der Waals surface area contributed by atoms with Gasteiger partial charge in [-0.2, -0.15) is 5.10 Å². The monoisotopic (exact) mass is 285 g/mol. The van der Waals surface area contributed by atoms with Crippen LogP contribution in [-0.2, 0) is 4.74 Å². The second kappa shape index (κ2) is 4.97. The number of methoxy groups -OCH3 is 1. The lowest BCUT2D eigenvalue weighted by molar-refractivity contribution is 0.0595. The second-order valence-electron chi connectivity index (χ2n) is 4.58. The molecule has 0 radical (unpaired) electrons. The zero-order valence-electron chi connectivity index (χ0n) is 11.5. The van der Waals surface area contributed by atoms with Gasteiger partial charge in [0.1, 0.15) is 5.82 Å². The van der Waals surface area contributed by atoms with E-state index in [1.54, 1.807) is 24.4 Å². The first-order chi connectivity index (χ1) is 10.1. The molecule has 106 valence electrons. The lowest BCUT2D eigenvalue weighted by Gasteiger charge is -2.03. The minimum Gasteiger partial charge on any atom is -0.464 e. The lowest BCUT2D eigenvalue weighted by Crippen LogP contribution is -2.05. The highest BCUT2D eigenvalue weighted by atomic mass is 19.1. The summed E-state index contributed by atoms with van der Waals surface area (Å²) in [4.78, 5) is 16.0. The van der Waals surface area contributed by atoms with Gasteiger partial charge in [0, 0.05) is 6.20 Å². The number of halogens is 1. The number of rotatable bonds is 2. The van der Waals surface area contributed by atoms with E-state index in [1.165, 1.54) is 17.9 Å². The van der Waals surface area contributed by atoms with Crippen molar-refractivity contribution in [3.05, 3.63) is 53.6 Å². The fourth-order valence-electron chi connectivity index (χ4n) is 2.18. The van der Waals surface area contributed by atoms with Gasteiger partial charge in [-0.3, -0.25) is 0 Å². The number of aromatic nitrogens is 3. The molecule has 0 saturated carbocycles. The molecule has 0 saturated heterocycles. The minimum atomic E-state index is -0.684. The summed E-state index contributed by atoms with van der Waals surface area (Å²) in [5.74, 6) is -0.691. The molecule has 0 N–H and O–H groups in total. The quantitative estimate of drug-likeness (QED) is 0.679. The normalized spacial score (nSPS) is 10.8. The van der Waals surface area contributed by atoms with Gasteiger partial charge < -0.3 is 4.74 Å². The molecule has 5 nitrogen and oxygen atoms in total. The van der Waals surface area contributed by atoms with Crippen LogP contribution in [0.5, 0.6) is 0 Å². The molecule has 0 aliphatic heterocycles. The maximum atomic E-state index is 14.1. The maximum absolute atomic E-state index is 14.1. The summed E-state index contributed by atoms with van der Waals surface area (Å²) >= 11 is 0. The van der Waals surface area contributed by atoms with Crippen LogP contribution in [0.1, 0.15) is 16.1 Å². The molecule has 0 aliphatic rings. The average Bonchev–Trinajstić information content (AvgIpc) is 2.87. The van der Waals surface area contributed by atoms with E-state index in [9.17, 15) is 9.18 Å². The van der Waals surface area contributed by atoms with Gasteiger partial charge in [0.15, 0.2) is 11.5 Å². The molecule has 21 heavy (non-hydrogen) atoms. The van der Waals surface area contributed by atoms with Gasteiger partial charge in [-0.1, -0.05) is 6.07 Å². The van der Waals surface area contributed by atoms with Crippen LogP contribution in [0.2, 0.25) is 0 Å². The molecule has 0 amide bonds. The van der Waals surface area contributed by atoms with Crippen molar-refractivity contribution in [1.29, 1.82) is 0 Å². The third-order valence-corrected chi connectivity index (χ3v) is 3.15. The Morgan fingerprint density at radius 3 is 2.86 bits per heavy atom. The fourth-order valence-corrected chi connectivity index (χ4v) is 2.18. The van der Waals surface area contributed by atoms with Crippen LogP contribution >= 0.6 is 0 Å². The van der Waals surface area contributed by atoms with Crippen molar-refractivity contribution < 1.29 is 13.9 Å². The summed E-state index contributed by atoms with van der Waals surface area (Å²) < 4.78 is 20.2. The van der Waals surface area contributed by atoms with Crippen molar-refractivity contribution in [2.45, 2.75) is 6.92 Å². The number of esters is 1. The minimum absolute atomic E-state index is 0.0612. The molecule has 0 atom stereocenters. The highest BCUT2D eigenvalue weighted by Crippen LogP contribution is 2.24. The topological polar surface area (TPSA) is 57.0 Å². The second-order valence-corrected chi connectivity index (χ2v) is 4.58. The van der Waals surface area contributed by atoms with Crippen LogP contribution in [0.3, 0.4) is 0 Å². The number of ether oxygens (including phenoxy) is 1. The summed E-state index contributed by atoms with van der Waals surface area (Å²) in [7, 11) is 1.24. The van der Waals surface area contributed by atoms with Crippen LogP contribution in [0, 0.1) is 12.7 Å². The van der Waals surface area contributed by atoms with Gasteiger partial charge in [-0.25, -0.2) is 18.9 Å². The zero-order chi connectivity index (χ0) is 15.0. The SMILES string of the molecule is COC(=O)c1nn(-c2cc(C)ccn2)c2cccc(F)c12. The fraction of sp³-hybridized carbons (Fsp3) is 0.133. The van der Waals surface area contributed by atoms with Crippen molar-refractivity contribution >= 4 is 16.9 Å². The maximum Gasteiger partial charge on any atom is 0.359 e. The number of pyridine rings is 1. The predicted molar refractivity (Wildman–Crippen MR) is 74.9 cm³/mol. The summed E-state index contributed by atoms with van der Waals surface area (Å²) in [5, 5.41) is 4.30. The van der Waals surface area contributed by atoms with Crippen molar-refractivity contribution in [2.24, 2.45) is 0 Å². The van der Waals surface area contributed by atoms with E-state index < -0.39 is 11.8 Å². The van der Waals surface area contributed by atoms with Crippen molar-refractivity contribution in [3.8, 4) is 5.82 Å². The smallest absolute Gasteiger partial charge is 0.359 e. The van der Waals surface area contributed by atoms with Crippen LogP contribution < -0.4 is 0 Å². The number of fused-ring (bicyclic) bond motifs is 1. The first kappa shape index (κ1) is 13.2. The molecule has 3 aromatic rings. The zero-order valence-corrected chi connectivity index (χ0v) is 11.5. The highest BCUT2D eigenvalue weighted by Gasteiger charge is 2.21. The van der Waals surface area contributed by atoms with E-state index in [2.05, 4.69) is 14.8 Å². The highest BCUT2D eigenvalue weighted by molar-refractivity contribution is 6.02. The average molecular weight is 285 g/mol. The summed E-state index contributed by atoms with van der Waals surface area (Å²) in [6.07, 6.45) is 1.63. The Morgan fingerprint density at radius 1 is 1.33 bits per heavy atom. The lowest BCUT2D eigenvalue weighted by atomic mass is 10.2. The van der Waals surface area contributed by atoms with Gasteiger partial charge in [0.05, 0.1) is 18.0 Å². The molecule has 1 aromatic carbocycles. The Morgan fingerprint density at radius 2 is 2.14 bits per heavy atom. The number of hydrogen-bond donors (Lipinski definition) is 0. The summed E-state index contributed by atoms with van der Waals surface area (Å²) in [5.41, 5.74) is 1.39. The number of carbonyl (C=O) groups excluding carboxylic acids is 1. The van der Waals surface area contributed by atoms with Gasteiger partial charge in [-0.05, 0) is 36.8 Å². The van der Waals surface area contributed by atoms with Crippen molar-refractivity contribution in [2.75, 3.05) is 7.11 Å². The van der Waals surface area contributed by atoms with E-state index in [4.69, 9.17) is 0 Å². The van der Waals surface area contributed by atoms with E-state index in [-0.39, 0.29) is 11.1 Å². The Hall–Kier alpha value is -2.76. The van der Waals surface area contributed by atoms with Gasteiger partial charge in [-0.15, -0.1) is 0 Å². The Balaban J connectivity index is 2.34. The molecule has 0 fully saturated rings. The van der Waals surface area contributed by atoms with Gasteiger partial charge >= 0.3 is 5.97 Å². The Labute approximate surface area is 120 Å². The van der Waals surface area contributed by atoms with Gasteiger partial charge in [0.2, 0.25) is 0 Å². The van der Waals surface area contributed by atoms with Crippen LogP contribution in [0.4, 0.5) is 4.39 Å². The van der Waals surface area contributed by atoms with E-state index >= 15 is 0 Å². The molecule has 6 heteroatoms. The Kier molecular flexibility index (Phi) is 3.13. The molecule has 2 aromatic heterocycles. The Bertz CT molecular complexity index is 842. The number of aryl methyl sites for hydroxylation is 1. The molecule has 0 aliphatic carbocycles. The van der Waals surface area contributed by atoms with E-state index in [0.29, 0.717) is 11.3 Å². The molecule has 0 spiro atoms. The first-order valence-electron chi connectivity index (χ1n) is 6.30. The number of carbonyl (C=O) groups is 1. The third kappa shape index (κ3) is 2.14. The number of benzene rings is 1. The van der Waals surface area contributed by atoms with E-state index in [1.807, 2.05) is 13.0 Å². The first-order valence-corrected chi connectivity index (χ1v) is 6.30. The van der Waals surface area contributed by atoms with Crippen molar-refractivity contribution in [3.63, 3.8) is 0 Å². The number of hydrogen-bond acceptors (Lipinski definition) is 4. The van der Waals surface area contributed by atoms with Crippen molar-refractivity contribution in [1.82, 2.24) is 14.8 Å². The molecule has 3 rings (SSSR count).